The quantitative estimate of drug-likeness (QED) is 0.0342. The number of hydrogen-bond donors (Lipinski definition) is 3. The minimum atomic E-state index is -1.02. The molecule has 0 saturated carbocycles. The second-order valence-corrected chi connectivity index (χ2v) is 13.3. The van der Waals surface area contributed by atoms with E-state index in [1.807, 2.05) is 0 Å². The average molecular weight is 711 g/mol. The molecule has 0 aromatic carbocycles. The molecule has 51 heavy (non-hydrogen) atoms. The molecule has 0 aliphatic rings. The summed E-state index contributed by atoms with van der Waals surface area (Å²) in [7, 11) is 0. The Morgan fingerprint density at radius 3 is 1.61 bits per heavy atom. The van der Waals surface area contributed by atoms with Gasteiger partial charge in [-0.3, -0.25) is 9.59 Å². The Hall–Kier alpha value is -3.19. The van der Waals surface area contributed by atoms with Crippen LogP contribution in [0, 0.1) is 0 Å². The van der Waals surface area contributed by atoms with E-state index in [-0.39, 0.29) is 18.0 Å². The number of aliphatic carboxylic acids is 1. The van der Waals surface area contributed by atoms with Crippen LogP contribution in [0.3, 0.4) is 0 Å². The molecular weight excluding hydrogens is 636 g/mol. The molecule has 0 aliphatic carbocycles. The van der Waals surface area contributed by atoms with E-state index in [9.17, 15) is 19.5 Å². The van der Waals surface area contributed by atoms with Crippen molar-refractivity contribution in [1.29, 1.82) is 0 Å². The number of allylic oxidation sites excluding steroid dienone is 12. The van der Waals surface area contributed by atoms with Crippen LogP contribution in [0.1, 0.15) is 168 Å². The summed E-state index contributed by atoms with van der Waals surface area (Å²) < 4.78 is 5.90. The maximum Gasteiger partial charge on any atom is 0.326 e. The maximum atomic E-state index is 12.6. The van der Waals surface area contributed by atoms with Crippen molar-refractivity contribution in [3.63, 3.8) is 0 Å². The highest BCUT2D eigenvalue weighted by atomic mass is 16.5. The van der Waals surface area contributed by atoms with Crippen molar-refractivity contribution in [3.05, 3.63) is 72.9 Å². The molecule has 2 atom stereocenters. The Labute approximate surface area is 312 Å². The summed E-state index contributed by atoms with van der Waals surface area (Å²) in [6.45, 7) is 4.74. The summed E-state index contributed by atoms with van der Waals surface area (Å²) >= 11 is 0. The topological polar surface area (TPSA) is 119 Å². The molecule has 0 radical (unpaired) electrons. The maximum absolute atomic E-state index is 12.6. The first-order chi connectivity index (χ1) is 24.9. The lowest BCUT2D eigenvalue weighted by atomic mass is 10.0. The molecule has 0 aliphatic heterocycles. The summed E-state index contributed by atoms with van der Waals surface area (Å²) in [5.74, 6) is -1.35. The standard InChI is InChI=1S/C44H74N2O5/c1-3-5-7-9-10-11-12-13-14-15-16-17-18-19-20-21-22-23-24-25-26-27-32-38-43(48)51-40(34-29-8-6-4-2)35-30-28-31-37-42(47)46-41(44(49)50)36-33-39-45/h5,7,10-11,13-14,16-17,19-20,22-23,40-41H,3-4,6,8-9,12,15,18,21,24-39,45H2,1-2H3,(H,46,47)(H,49,50)/b7-5-,11-10-,14-13-,17-16-,20-19-,23-22-. The van der Waals surface area contributed by atoms with Crippen molar-refractivity contribution in [2.75, 3.05) is 6.54 Å². The molecule has 290 valence electrons. The monoisotopic (exact) mass is 711 g/mol. The van der Waals surface area contributed by atoms with Gasteiger partial charge in [0.2, 0.25) is 5.91 Å². The number of carboxylic acid groups (broad SMARTS) is 1. The van der Waals surface area contributed by atoms with E-state index in [4.69, 9.17) is 10.5 Å². The molecule has 0 spiro atoms. The molecule has 0 saturated heterocycles. The second kappa shape index (κ2) is 38.1. The van der Waals surface area contributed by atoms with Gasteiger partial charge in [-0.15, -0.1) is 0 Å². The summed E-state index contributed by atoms with van der Waals surface area (Å²) in [5.41, 5.74) is 5.47. The van der Waals surface area contributed by atoms with E-state index < -0.39 is 12.0 Å². The Kier molecular flexibility index (Phi) is 35.7. The number of rotatable bonds is 35. The van der Waals surface area contributed by atoms with Crippen LogP contribution in [0.15, 0.2) is 72.9 Å². The summed E-state index contributed by atoms with van der Waals surface area (Å²) in [5, 5.41) is 11.9. The van der Waals surface area contributed by atoms with Gasteiger partial charge >= 0.3 is 11.9 Å². The zero-order valence-electron chi connectivity index (χ0n) is 32.4. The molecule has 0 bridgehead atoms. The summed E-state index contributed by atoms with van der Waals surface area (Å²) in [6, 6.07) is -0.879. The summed E-state index contributed by atoms with van der Waals surface area (Å²) in [4.78, 5) is 36.2. The molecular formula is C44H74N2O5. The minimum absolute atomic E-state index is 0.0658. The van der Waals surface area contributed by atoms with Crippen LogP contribution in [0.5, 0.6) is 0 Å². The number of carboxylic acids is 1. The van der Waals surface area contributed by atoms with E-state index in [1.54, 1.807) is 0 Å². The number of ether oxygens (including phenoxy) is 1. The number of nitrogens with one attached hydrogen (secondary N) is 1. The van der Waals surface area contributed by atoms with Gasteiger partial charge in [0.25, 0.3) is 0 Å². The van der Waals surface area contributed by atoms with Gasteiger partial charge in [0, 0.05) is 12.8 Å². The van der Waals surface area contributed by atoms with Gasteiger partial charge in [-0.1, -0.05) is 125 Å². The number of nitrogens with two attached hydrogens (primary N) is 1. The second-order valence-electron chi connectivity index (χ2n) is 13.3. The molecule has 7 nitrogen and oxygen atoms in total. The highest BCUT2D eigenvalue weighted by Gasteiger charge is 2.19. The molecule has 0 heterocycles. The SMILES string of the molecule is CC/C=C\C/C=C\C/C=C\C/C=C\C/C=C\C/C=C\CCCCCCC(=O)OC(CCCCCC)CCCCCC(=O)NC(CCCN)C(=O)O. The Balaban J connectivity index is 4.06. The lowest BCUT2D eigenvalue weighted by Gasteiger charge is -2.18. The lowest BCUT2D eigenvalue weighted by molar-refractivity contribution is -0.150. The largest absolute Gasteiger partial charge is 0.480 e. The number of carbonyl (C=O) groups is 3. The first-order valence-corrected chi connectivity index (χ1v) is 20.3. The van der Waals surface area contributed by atoms with Crippen molar-refractivity contribution in [2.24, 2.45) is 5.73 Å². The third kappa shape index (κ3) is 35.0. The van der Waals surface area contributed by atoms with Crippen molar-refractivity contribution in [1.82, 2.24) is 5.32 Å². The predicted octanol–water partition coefficient (Wildman–Crippen LogP) is 11.2. The van der Waals surface area contributed by atoms with Gasteiger partial charge in [-0.25, -0.2) is 4.79 Å². The van der Waals surface area contributed by atoms with Crippen molar-refractivity contribution in [2.45, 2.75) is 180 Å². The number of hydrogen-bond acceptors (Lipinski definition) is 5. The molecule has 7 heteroatoms. The van der Waals surface area contributed by atoms with E-state index in [0.717, 1.165) is 109 Å². The molecule has 0 rings (SSSR count). The third-order valence-electron chi connectivity index (χ3n) is 8.54. The predicted molar refractivity (Wildman–Crippen MR) is 215 cm³/mol. The Bertz CT molecular complexity index is 1030. The summed E-state index contributed by atoms with van der Waals surface area (Å²) in [6.07, 6.45) is 48.2. The fourth-order valence-electron chi connectivity index (χ4n) is 5.51. The molecule has 0 aromatic heterocycles. The van der Waals surface area contributed by atoms with Crippen LogP contribution < -0.4 is 11.1 Å². The molecule has 0 aromatic rings. The Morgan fingerprint density at radius 2 is 1.08 bits per heavy atom. The minimum Gasteiger partial charge on any atom is -0.480 e. The van der Waals surface area contributed by atoms with Crippen LogP contribution >= 0.6 is 0 Å². The Morgan fingerprint density at radius 1 is 0.588 bits per heavy atom. The van der Waals surface area contributed by atoms with Crippen LogP contribution in [0.2, 0.25) is 0 Å². The zero-order valence-corrected chi connectivity index (χ0v) is 32.4. The molecule has 0 fully saturated rings. The number of amides is 1. The van der Waals surface area contributed by atoms with Gasteiger partial charge in [0.15, 0.2) is 0 Å². The van der Waals surface area contributed by atoms with Crippen LogP contribution in [0.25, 0.3) is 0 Å². The smallest absolute Gasteiger partial charge is 0.326 e. The van der Waals surface area contributed by atoms with Gasteiger partial charge in [0.05, 0.1) is 0 Å². The van der Waals surface area contributed by atoms with E-state index >= 15 is 0 Å². The normalized spacial score (nSPS) is 13.5. The van der Waals surface area contributed by atoms with Gasteiger partial charge in [-0.2, -0.15) is 0 Å². The average Bonchev–Trinajstić information content (AvgIpc) is 3.11. The van der Waals surface area contributed by atoms with E-state index in [2.05, 4.69) is 92.1 Å². The first kappa shape index (κ1) is 47.8. The molecule has 4 N–H and O–H groups in total. The lowest BCUT2D eigenvalue weighted by Crippen LogP contribution is -2.40. The fraction of sp³-hybridized carbons (Fsp3) is 0.659. The van der Waals surface area contributed by atoms with E-state index in [1.165, 1.54) is 12.8 Å². The van der Waals surface area contributed by atoms with Gasteiger partial charge in [0.1, 0.15) is 12.1 Å². The number of unbranched alkanes of at least 4 members (excludes halogenated alkanes) is 9. The fourth-order valence-corrected chi connectivity index (χ4v) is 5.51. The number of carbonyl (C=O) groups excluding carboxylic acids is 2. The van der Waals surface area contributed by atoms with Crippen LogP contribution in [0.4, 0.5) is 0 Å². The molecule has 1 amide bonds. The van der Waals surface area contributed by atoms with Crippen LogP contribution in [-0.4, -0.2) is 41.6 Å². The molecule has 2 unspecified atom stereocenters. The highest BCUT2D eigenvalue weighted by molar-refractivity contribution is 5.83. The van der Waals surface area contributed by atoms with Gasteiger partial charge in [-0.05, 0) is 109 Å². The van der Waals surface area contributed by atoms with Crippen molar-refractivity contribution < 1.29 is 24.2 Å². The van der Waals surface area contributed by atoms with Crippen LogP contribution in [-0.2, 0) is 19.1 Å². The highest BCUT2D eigenvalue weighted by Crippen LogP contribution is 2.17. The first-order valence-electron chi connectivity index (χ1n) is 20.3. The third-order valence-corrected chi connectivity index (χ3v) is 8.54. The van der Waals surface area contributed by atoms with Crippen molar-refractivity contribution >= 4 is 17.8 Å². The number of esters is 1. The zero-order chi connectivity index (χ0) is 37.5. The van der Waals surface area contributed by atoms with Crippen molar-refractivity contribution in [3.8, 4) is 0 Å². The van der Waals surface area contributed by atoms with Gasteiger partial charge < -0.3 is 20.9 Å². The van der Waals surface area contributed by atoms with E-state index in [0.29, 0.717) is 38.6 Å².